The molecule has 21 heavy (non-hydrogen) atoms. The van der Waals surface area contributed by atoms with E-state index in [4.69, 9.17) is 5.73 Å². The number of hydrogen-bond donors (Lipinski definition) is 2. The Morgan fingerprint density at radius 3 is 2.48 bits per heavy atom. The molecule has 1 aromatic carbocycles. The first-order valence-electron chi connectivity index (χ1n) is 6.75. The first-order chi connectivity index (χ1) is 9.83. The van der Waals surface area contributed by atoms with Gasteiger partial charge in [-0.25, -0.2) is 0 Å². The maximum absolute atomic E-state index is 12.8. The van der Waals surface area contributed by atoms with E-state index < -0.39 is 11.7 Å². The Hall–Kier alpha value is -1.76. The van der Waals surface area contributed by atoms with Crippen molar-refractivity contribution in [3.05, 3.63) is 29.3 Å². The minimum atomic E-state index is -4.43. The molecule has 0 saturated heterocycles. The zero-order valence-corrected chi connectivity index (χ0v) is 12.1. The Bertz CT molecular complexity index is 489. The molecule has 0 unspecified atom stereocenters. The summed E-state index contributed by atoms with van der Waals surface area (Å²) in [5.41, 5.74) is 5.25. The molecule has 7 heteroatoms. The topological polar surface area (TPSA) is 58.4 Å². The monoisotopic (exact) mass is 303 g/mol. The van der Waals surface area contributed by atoms with Crippen molar-refractivity contribution < 1.29 is 18.0 Å². The standard InChI is InChI=1S/C14H20F3N3O/c1-3-19-13(21)9-20(4-2)11-5-6-12(14(15,16)17)10(7-11)8-18/h5-7H,3-4,8-9,18H2,1-2H3,(H,19,21). The number of benzene rings is 1. The van der Waals surface area contributed by atoms with Crippen LogP contribution in [-0.2, 0) is 17.5 Å². The van der Waals surface area contributed by atoms with Gasteiger partial charge < -0.3 is 16.0 Å². The van der Waals surface area contributed by atoms with Gasteiger partial charge in [0.05, 0.1) is 12.1 Å². The molecule has 0 saturated carbocycles. The van der Waals surface area contributed by atoms with E-state index in [1.54, 1.807) is 11.8 Å². The van der Waals surface area contributed by atoms with Crippen molar-refractivity contribution in [3.63, 3.8) is 0 Å². The van der Waals surface area contributed by atoms with Crippen LogP contribution in [0.3, 0.4) is 0 Å². The lowest BCUT2D eigenvalue weighted by atomic mass is 10.1. The lowest BCUT2D eigenvalue weighted by Crippen LogP contribution is -2.37. The molecule has 0 radical (unpaired) electrons. The number of nitrogens with one attached hydrogen (secondary N) is 1. The van der Waals surface area contributed by atoms with E-state index in [2.05, 4.69) is 5.32 Å². The van der Waals surface area contributed by atoms with E-state index in [-0.39, 0.29) is 24.6 Å². The van der Waals surface area contributed by atoms with E-state index in [0.717, 1.165) is 6.07 Å². The summed E-state index contributed by atoms with van der Waals surface area (Å²) in [5.74, 6) is -0.173. The van der Waals surface area contributed by atoms with Crippen LogP contribution in [-0.4, -0.2) is 25.5 Å². The summed E-state index contributed by atoms with van der Waals surface area (Å²) >= 11 is 0. The van der Waals surface area contributed by atoms with Crippen LogP contribution in [0.15, 0.2) is 18.2 Å². The lowest BCUT2D eigenvalue weighted by Gasteiger charge is -2.24. The summed E-state index contributed by atoms with van der Waals surface area (Å²) in [5, 5.41) is 2.66. The van der Waals surface area contributed by atoms with Crippen LogP contribution >= 0.6 is 0 Å². The van der Waals surface area contributed by atoms with Gasteiger partial charge in [-0.1, -0.05) is 0 Å². The van der Waals surface area contributed by atoms with Crippen LogP contribution in [0.25, 0.3) is 0 Å². The molecule has 0 aliphatic carbocycles. The van der Waals surface area contributed by atoms with Crippen molar-refractivity contribution >= 4 is 11.6 Å². The highest BCUT2D eigenvalue weighted by molar-refractivity contribution is 5.81. The molecule has 0 aliphatic rings. The van der Waals surface area contributed by atoms with E-state index in [9.17, 15) is 18.0 Å². The zero-order chi connectivity index (χ0) is 16.0. The number of carbonyl (C=O) groups is 1. The predicted molar refractivity (Wildman–Crippen MR) is 75.9 cm³/mol. The predicted octanol–water partition coefficient (Wildman–Crippen LogP) is 2.13. The number of likely N-dealkylation sites (N-methyl/N-ethyl adjacent to an activating group) is 2. The van der Waals surface area contributed by atoms with Crippen molar-refractivity contribution in [2.75, 3.05) is 24.5 Å². The number of rotatable bonds is 6. The summed E-state index contributed by atoms with van der Waals surface area (Å²) < 4.78 is 38.5. The van der Waals surface area contributed by atoms with Crippen molar-refractivity contribution in [1.82, 2.24) is 5.32 Å². The SMILES string of the molecule is CCNC(=O)CN(CC)c1ccc(C(F)(F)F)c(CN)c1. The van der Waals surface area contributed by atoms with Crippen LogP contribution in [0.4, 0.5) is 18.9 Å². The van der Waals surface area contributed by atoms with Gasteiger partial charge in [-0.2, -0.15) is 13.2 Å². The highest BCUT2D eigenvalue weighted by atomic mass is 19.4. The third-order valence-corrected chi connectivity index (χ3v) is 3.07. The van der Waals surface area contributed by atoms with Crippen molar-refractivity contribution in [2.45, 2.75) is 26.6 Å². The molecule has 1 aromatic rings. The summed E-state index contributed by atoms with van der Waals surface area (Å²) in [6, 6.07) is 3.77. The number of alkyl halides is 3. The zero-order valence-electron chi connectivity index (χ0n) is 12.1. The van der Waals surface area contributed by atoms with Gasteiger partial charge in [0.2, 0.25) is 5.91 Å². The molecule has 0 aromatic heterocycles. The lowest BCUT2D eigenvalue weighted by molar-refractivity contribution is -0.138. The number of carbonyl (C=O) groups excluding carboxylic acids is 1. The molecule has 0 fully saturated rings. The number of nitrogens with zero attached hydrogens (tertiary/aromatic N) is 1. The molecule has 3 N–H and O–H groups in total. The average Bonchev–Trinajstić information content (AvgIpc) is 2.43. The number of anilines is 1. The van der Waals surface area contributed by atoms with Crippen LogP contribution in [0.2, 0.25) is 0 Å². The summed E-state index contributed by atoms with van der Waals surface area (Å²) in [7, 11) is 0. The Balaban J connectivity index is 3.04. The Labute approximate surface area is 122 Å². The molecule has 0 spiro atoms. The fraction of sp³-hybridized carbons (Fsp3) is 0.500. The van der Waals surface area contributed by atoms with Gasteiger partial charge in [-0.3, -0.25) is 4.79 Å². The summed E-state index contributed by atoms with van der Waals surface area (Å²) in [6.07, 6.45) is -4.43. The number of nitrogens with two attached hydrogens (primary N) is 1. The van der Waals surface area contributed by atoms with E-state index in [1.807, 2.05) is 6.92 Å². The highest BCUT2D eigenvalue weighted by Gasteiger charge is 2.33. The Morgan fingerprint density at radius 1 is 1.33 bits per heavy atom. The van der Waals surface area contributed by atoms with Gasteiger partial charge in [0.15, 0.2) is 0 Å². The van der Waals surface area contributed by atoms with Crippen LogP contribution in [0, 0.1) is 0 Å². The molecular weight excluding hydrogens is 283 g/mol. The van der Waals surface area contributed by atoms with Crippen molar-refractivity contribution in [3.8, 4) is 0 Å². The van der Waals surface area contributed by atoms with Gasteiger partial charge in [0.25, 0.3) is 0 Å². The third-order valence-electron chi connectivity index (χ3n) is 3.07. The van der Waals surface area contributed by atoms with Crippen LogP contribution < -0.4 is 16.0 Å². The largest absolute Gasteiger partial charge is 0.416 e. The molecule has 118 valence electrons. The quantitative estimate of drug-likeness (QED) is 0.846. The summed E-state index contributed by atoms with van der Waals surface area (Å²) in [4.78, 5) is 13.3. The van der Waals surface area contributed by atoms with Gasteiger partial charge in [-0.15, -0.1) is 0 Å². The molecule has 0 heterocycles. The minimum absolute atomic E-state index is 0.0225. The fourth-order valence-corrected chi connectivity index (χ4v) is 2.03. The maximum Gasteiger partial charge on any atom is 0.416 e. The molecule has 1 rings (SSSR count). The molecule has 4 nitrogen and oxygen atoms in total. The average molecular weight is 303 g/mol. The van der Waals surface area contributed by atoms with Gasteiger partial charge >= 0.3 is 6.18 Å². The van der Waals surface area contributed by atoms with E-state index in [1.165, 1.54) is 12.1 Å². The molecule has 0 atom stereocenters. The second kappa shape index (κ2) is 7.31. The highest BCUT2D eigenvalue weighted by Crippen LogP contribution is 2.33. The van der Waals surface area contributed by atoms with E-state index >= 15 is 0 Å². The second-order valence-electron chi connectivity index (χ2n) is 4.51. The Morgan fingerprint density at radius 2 is 2.00 bits per heavy atom. The smallest absolute Gasteiger partial charge is 0.362 e. The Kier molecular flexibility index (Phi) is 6.02. The first kappa shape index (κ1) is 17.3. The van der Waals surface area contributed by atoms with Gasteiger partial charge in [-0.05, 0) is 37.6 Å². The van der Waals surface area contributed by atoms with Crippen molar-refractivity contribution in [1.29, 1.82) is 0 Å². The first-order valence-corrected chi connectivity index (χ1v) is 6.75. The van der Waals surface area contributed by atoms with E-state index in [0.29, 0.717) is 18.8 Å². The fourth-order valence-electron chi connectivity index (χ4n) is 2.03. The normalized spacial score (nSPS) is 11.3. The molecule has 1 amide bonds. The third kappa shape index (κ3) is 4.63. The number of halogens is 3. The minimum Gasteiger partial charge on any atom is -0.362 e. The molecule has 0 aliphatic heterocycles. The van der Waals surface area contributed by atoms with Crippen molar-refractivity contribution in [2.24, 2.45) is 5.73 Å². The second-order valence-corrected chi connectivity index (χ2v) is 4.51. The number of hydrogen-bond acceptors (Lipinski definition) is 3. The van der Waals surface area contributed by atoms with Gasteiger partial charge in [0.1, 0.15) is 0 Å². The maximum atomic E-state index is 12.8. The molecular formula is C14H20F3N3O. The van der Waals surface area contributed by atoms with Crippen LogP contribution in [0.5, 0.6) is 0 Å². The van der Waals surface area contributed by atoms with Crippen LogP contribution in [0.1, 0.15) is 25.0 Å². The molecule has 0 bridgehead atoms. The summed E-state index contributed by atoms with van der Waals surface area (Å²) in [6.45, 7) is 4.54. The van der Waals surface area contributed by atoms with Gasteiger partial charge in [0, 0.05) is 25.3 Å². The number of amides is 1.